The molecule has 0 amide bonds. The third-order valence-corrected chi connectivity index (χ3v) is 3.16. The fraction of sp³-hybridized carbons (Fsp3) is 0.500. The lowest BCUT2D eigenvalue weighted by Crippen LogP contribution is -2.33. The molecule has 0 aromatic carbocycles. The largest absolute Gasteiger partial charge is 0.394 e. The second kappa shape index (κ2) is 4.38. The van der Waals surface area contributed by atoms with Crippen LogP contribution >= 0.6 is 0 Å². The summed E-state index contributed by atoms with van der Waals surface area (Å²) in [6.07, 6.45) is -1.78. The number of nitrogens with one attached hydrogen (secondary N) is 1. The smallest absolute Gasteiger partial charge is 0.278 e. The SMILES string of the molecule is O=c1[nH]cnc2c1ncn2[C@H]1O[C@@H](CO)[C@@H](O)C1O. The molecule has 2 aromatic heterocycles. The summed E-state index contributed by atoms with van der Waals surface area (Å²) in [5, 5.41) is 28.6. The van der Waals surface area contributed by atoms with Crippen LogP contribution in [0.3, 0.4) is 0 Å². The molecule has 3 heterocycles. The summed E-state index contributed by atoms with van der Waals surface area (Å²) in [4.78, 5) is 21.8. The van der Waals surface area contributed by atoms with Crippen molar-refractivity contribution in [3.63, 3.8) is 0 Å². The minimum Gasteiger partial charge on any atom is -0.394 e. The van der Waals surface area contributed by atoms with Gasteiger partial charge in [-0.05, 0) is 0 Å². The molecule has 4 atom stereocenters. The highest BCUT2D eigenvalue weighted by Crippen LogP contribution is 2.30. The maximum Gasteiger partial charge on any atom is 0.278 e. The van der Waals surface area contributed by atoms with E-state index in [0.717, 1.165) is 0 Å². The molecule has 4 N–H and O–H groups in total. The lowest BCUT2D eigenvalue weighted by molar-refractivity contribution is -0.0511. The van der Waals surface area contributed by atoms with Gasteiger partial charge in [0.15, 0.2) is 17.4 Å². The van der Waals surface area contributed by atoms with E-state index < -0.39 is 36.7 Å². The van der Waals surface area contributed by atoms with E-state index in [4.69, 9.17) is 9.84 Å². The Balaban J connectivity index is 2.06. The molecule has 1 unspecified atom stereocenters. The number of aliphatic hydroxyl groups excluding tert-OH is 3. The number of aromatic nitrogens is 4. The van der Waals surface area contributed by atoms with Gasteiger partial charge in [0.1, 0.15) is 18.3 Å². The number of aromatic amines is 1. The highest BCUT2D eigenvalue weighted by atomic mass is 16.6. The average Bonchev–Trinajstić information content (AvgIpc) is 2.94. The number of imidazole rings is 1. The van der Waals surface area contributed by atoms with E-state index in [2.05, 4.69) is 15.0 Å². The molecule has 0 saturated carbocycles. The molecule has 1 fully saturated rings. The number of nitrogens with zero attached hydrogens (tertiary/aromatic N) is 3. The van der Waals surface area contributed by atoms with E-state index >= 15 is 0 Å². The van der Waals surface area contributed by atoms with Crippen molar-refractivity contribution in [2.75, 3.05) is 6.61 Å². The highest BCUT2D eigenvalue weighted by Gasteiger charge is 2.43. The van der Waals surface area contributed by atoms with Gasteiger partial charge in [-0.3, -0.25) is 9.36 Å². The minimum atomic E-state index is -1.24. The summed E-state index contributed by atoms with van der Waals surface area (Å²) in [6, 6.07) is 0. The first-order chi connectivity index (χ1) is 9.13. The van der Waals surface area contributed by atoms with E-state index in [1.165, 1.54) is 17.2 Å². The molecule has 3 rings (SSSR count). The fourth-order valence-electron chi connectivity index (χ4n) is 2.16. The summed E-state index contributed by atoms with van der Waals surface area (Å²) < 4.78 is 6.70. The Morgan fingerprint density at radius 1 is 1.37 bits per heavy atom. The van der Waals surface area contributed by atoms with Crippen LogP contribution in [0.1, 0.15) is 6.23 Å². The number of fused-ring (bicyclic) bond motifs is 1. The van der Waals surface area contributed by atoms with Crippen molar-refractivity contribution in [1.82, 2.24) is 19.5 Å². The second-order valence-corrected chi connectivity index (χ2v) is 4.28. The van der Waals surface area contributed by atoms with Crippen LogP contribution in [0.15, 0.2) is 17.4 Å². The highest BCUT2D eigenvalue weighted by molar-refractivity contribution is 5.68. The van der Waals surface area contributed by atoms with Gasteiger partial charge in [0.25, 0.3) is 5.56 Å². The molecule has 0 radical (unpaired) electrons. The topological polar surface area (TPSA) is 133 Å². The average molecular weight is 268 g/mol. The molecule has 1 aliphatic rings. The molecular weight excluding hydrogens is 256 g/mol. The van der Waals surface area contributed by atoms with Crippen LogP contribution in [-0.2, 0) is 4.74 Å². The Hall–Kier alpha value is -1.81. The summed E-state index contributed by atoms with van der Waals surface area (Å²) >= 11 is 0. The quantitative estimate of drug-likeness (QED) is 0.482. The van der Waals surface area contributed by atoms with Crippen molar-refractivity contribution in [3.05, 3.63) is 23.0 Å². The van der Waals surface area contributed by atoms with Crippen LogP contribution in [-0.4, -0.2) is 59.8 Å². The third-order valence-electron chi connectivity index (χ3n) is 3.16. The van der Waals surface area contributed by atoms with Gasteiger partial charge in [-0.15, -0.1) is 0 Å². The van der Waals surface area contributed by atoms with Crippen molar-refractivity contribution in [1.29, 1.82) is 0 Å². The molecular formula is C10H12N4O5. The zero-order valence-corrected chi connectivity index (χ0v) is 9.67. The van der Waals surface area contributed by atoms with Gasteiger partial charge < -0.3 is 25.0 Å². The monoisotopic (exact) mass is 268 g/mol. The number of aliphatic hydroxyl groups is 3. The fourth-order valence-corrected chi connectivity index (χ4v) is 2.16. The van der Waals surface area contributed by atoms with Crippen LogP contribution in [0.2, 0.25) is 0 Å². The van der Waals surface area contributed by atoms with E-state index in [1.54, 1.807) is 0 Å². The summed E-state index contributed by atoms with van der Waals surface area (Å²) in [7, 11) is 0. The van der Waals surface area contributed by atoms with Crippen LogP contribution in [0.5, 0.6) is 0 Å². The predicted molar refractivity (Wildman–Crippen MR) is 61.2 cm³/mol. The van der Waals surface area contributed by atoms with Crippen LogP contribution in [0.4, 0.5) is 0 Å². The van der Waals surface area contributed by atoms with Gasteiger partial charge in [0.05, 0.1) is 19.3 Å². The number of rotatable bonds is 2. The predicted octanol–water partition coefficient (Wildman–Crippen LogP) is -2.27. The van der Waals surface area contributed by atoms with Crippen LogP contribution < -0.4 is 5.56 Å². The molecule has 1 saturated heterocycles. The van der Waals surface area contributed by atoms with Crippen molar-refractivity contribution in [2.45, 2.75) is 24.5 Å². The van der Waals surface area contributed by atoms with E-state index in [9.17, 15) is 15.0 Å². The van der Waals surface area contributed by atoms with Crippen molar-refractivity contribution >= 4 is 11.2 Å². The first-order valence-corrected chi connectivity index (χ1v) is 5.66. The number of hydrogen-bond donors (Lipinski definition) is 4. The first-order valence-electron chi connectivity index (χ1n) is 5.66. The maximum absolute atomic E-state index is 11.5. The summed E-state index contributed by atoms with van der Waals surface area (Å²) in [5.41, 5.74) is -0.0608. The second-order valence-electron chi connectivity index (χ2n) is 4.28. The van der Waals surface area contributed by atoms with Crippen molar-refractivity contribution in [2.24, 2.45) is 0 Å². The van der Waals surface area contributed by atoms with Gasteiger partial charge >= 0.3 is 0 Å². The van der Waals surface area contributed by atoms with E-state index in [0.29, 0.717) is 0 Å². The third kappa shape index (κ3) is 1.75. The molecule has 2 aromatic rings. The lowest BCUT2D eigenvalue weighted by atomic mass is 10.1. The number of hydrogen-bond acceptors (Lipinski definition) is 7. The van der Waals surface area contributed by atoms with Gasteiger partial charge in [-0.1, -0.05) is 0 Å². The Morgan fingerprint density at radius 2 is 2.16 bits per heavy atom. The van der Waals surface area contributed by atoms with E-state index in [1.807, 2.05) is 0 Å². The summed E-state index contributed by atoms with van der Waals surface area (Å²) in [6.45, 7) is -0.421. The Kier molecular flexibility index (Phi) is 2.82. The molecule has 0 aliphatic carbocycles. The van der Waals surface area contributed by atoms with Crippen LogP contribution in [0, 0.1) is 0 Å². The van der Waals surface area contributed by atoms with Gasteiger partial charge in [-0.2, -0.15) is 0 Å². The van der Waals surface area contributed by atoms with Crippen molar-refractivity contribution < 1.29 is 20.1 Å². The molecule has 9 heteroatoms. The van der Waals surface area contributed by atoms with Gasteiger partial charge in [0.2, 0.25) is 0 Å². The summed E-state index contributed by atoms with van der Waals surface area (Å²) in [5.74, 6) is 0. The zero-order chi connectivity index (χ0) is 13.6. The Bertz CT molecular complexity index is 653. The zero-order valence-electron chi connectivity index (χ0n) is 9.67. The Morgan fingerprint density at radius 3 is 2.84 bits per heavy atom. The standard InChI is InChI=1S/C10H12N4O5/c15-1-4-6(16)7(17)10(19-4)14-3-13-5-8(14)11-2-12-9(5)18/h2-4,6-7,10,15-17H,1H2,(H,11,12,18)/t4-,6+,7?,10-/m0/s1. The molecule has 0 bridgehead atoms. The van der Waals surface area contributed by atoms with E-state index in [-0.39, 0.29) is 11.2 Å². The van der Waals surface area contributed by atoms with Crippen molar-refractivity contribution in [3.8, 4) is 0 Å². The molecule has 19 heavy (non-hydrogen) atoms. The molecule has 9 nitrogen and oxygen atoms in total. The molecule has 102 valence electrons. The minimum absolute atomic E-state index is 0.111. The van der Waals surface area contributed by atoms with Gasteiger partial charge in [-0.25, -0.2) is 9.97 Å². The first kappa shape index (κ1) is 12.2. The maximum atomic E-state index is 11.5. The normalized spacial score (nSPS) is 31.1. The molecule has 1 aliphatic heterocycles. The Labute approximate surface area is 106 Å². The number of H-pyrrole nitrogens is 1. The number of ether oxygens (including phenoxy) is 1. The lowest BCUT2D eigenvalue weighted by Gasteiger charge is -2.16. The molecule has 0 spiro atoms. The van der Waals surface area contributed by atoms with Crippen LogP contribution in [0.25, 0.3) is 11.2 Å². The van der Waals surface area contributed by atoms with Gasteiger partial charge in [0, 0.05) is 0 Å².